The predicted octanol–water partition coefficient (Wildman–Crippen LogP) is 4.43. The highest BCUT2D eigenvalue weighted by Gasteiger charge is 2.50. The Bertz CT molecular complexity index is 779. The van der Waals surface area contributed by atoms with E-state index in [0.717, 1.165) is 48.3 Å². The van der Waals surface area contributed by atoms with Gasteiger partial charge in [0.25, 0.3) is 0 Å². The molecule has 0 aromatic heterocycles. The molecular weight excluding hydrogens is 340 g/mol. The summed E-state index contributed by atoms with van der Waals surface area (Å²) in [5.74, 6) is 1.77. The normalized spacial score (nSPS) is 23.2. The van der Waals surface area contributed by atoms with Crippen LogP contribution in [0, 0.1) is 0 Å². The van der Waals surface area contributed by atoms with Crippen molar-refractivity contribution in [3.8, 4) is 11.5 Å². The molecule has 2 aromatic carbocycles. The molecule has 2 atom stereocenters. The van der Waals surface area contributed by atoms with E-state index in [-0.39, 0.29) is 17.8 Å². The summed E-state index contributed by atoms with van der Waals surface area (Å²) in [5.41, 5.74) is 3.39. The molecule has 1 saturated carbocycles. The molecule has 144 valence electrons. The van der Waals surface area contributed by atoms with Gasteiger partial charge in [-0.2, -0.15) is 0 Å². The van der Waals surface area contributed by atoms with Gasteiger partial charge in [-0.3, -0.25) is 0 Å². The molecule has 1 aliphatic carbocycles. The Labute approximate surface area is 161 Å². The third kappa shape index (κ3) is 4.12. The molecule has 0 radical (unpaired) electrons. The maximum absolute atomic E-state index is 10.3. The lowest BCUT2D eigenvalue weighted by atomic mass is 9.93. The van der Waals surface area contributed by atoms with Crippen molar-refractivity contribution in [1.29, 1.82) is 0 Å². The van der Waals surface area contributed by atoms with Gasteiger partial charge in [0.15, 0.2) is 0 Å². The fraction of sp³-hybridized carbons (Fsp3) is 0.478. The average Bonchev–Trinajstić information content (AvgIpc) is 3.41. The van der Waals surface area contributed by atoms with Gasteiger partial charge in [-0.15, -0.1) is 0 Å². The highest BCUT2D eigenvalue weighted by molar-refractivity contribution is 5.42. The van der Waals surface area contributed by atoms with Crippen molar-refractivity contribution in [2.75, 3.05) is 13.7 Å². The van der Waals surface area contributed by atoms with E-state index < -0.39 is 0 Å². The van der Waals surface area contributed by atoms with E-state index in [4.69, 9.17) is 14.2 Å². The highest BCUT2D eigenvalue weighted by Crippen LogP contribution is 2.51. The molecule has 0 unspecified atom stereocenters. The first-order valence-electron chi connectivity index (χ1n) is 9.85. The molecule has 4 heteroatoms. The van der Waals surface area contributed by atoms with E-state index in [9.17, 15) is 5.11 Å². The number of benzene rings is 2. The smallest absolute Gasteiger partial charge is 0.122 e. The van der Waals surface area contributed by atoms with Crippen LogP contribution in [0.2, 0.25) is 0 Å². The van der Waals surface area contributed by atoms with Crippen LogP contribution in [0.5, 0.6) is 11.5 Å². The number of ether oxygens (including phenoxy) is 3. The van der Waals surface area contributed by atoms with Crippen LogP contribution in [0.1, 0.15) is 55.4 Å². The summed E-state index contributed by atoms with van der Waals surface area (Å²) in [4.78, 5) is 0. The molecule has 2 fully saturated rings. The first-order valence-corrected chi connectivity index (χ1v) is 9.85. The van der Waals surface area contributed by atoms with Crippen molar-refractivity contribution in [3.63, 3.8) is 0 Å². The Morgan fingerprint density at radius 1 is 1.15 bits per heavy atom. The second-order valence-corrected chi connectivity index (χ2v) is 7.71. The topological polar surface area (TPSA) is 47.9 Å². The summed E-state index contributed by atoms with van der Waals surface area (Å²) < 4.78 is 17.5. The molecule has 4 rings (SSSR count). The summed E-state index contributed by atoms with van der Waals surface area (Å²) in [7, 11) is 1.71. The van der Waals surface area contributed by atoms with Crippen LogP contribution in [0.4, 0.5) is 0 Å². The molecule has 27 heavy (non-hydrogen) atoms. The minimum absolute atomic E-state index is 0.0405. The summed E-state index contributed by atoms with van der Waals surface area (Å²) >= 11 is 0. The van der Waals surface area contributed by atoms with Crippen LogP contribution in [0.3, 0.4) is 0 Å². The third-order valence-corrected chi connectivity index (χ3v) is 5.60. The number of aliphatic hydroxyl groups excluding tert-OH is 1. The van der Waals surface area contributed by atoms with E-state index in [1.165, 1.54) is 5.56 Å². The molecule has 1 saturated heterocycles. The van der Waals surface area contributed by atoms with Gasteiger partial charge >= 0.3 is 0 Å². The van der Waals surface area contributed by atoms with Crippen molar-refractivity contribution in [3.05, 3.63) is 59.2 Å². The number of methoxy groups -OCH3 is 1. The zero-order valence-electron chi connectivity index (χ0n) is 16.1. The quantitative estimate of drug-likeness (QED) is 0.819. The second-order valence-electron chi connectivity index (χ2n) is 7.71. The summed E-state index contributed by atoms with van der Waals surface area (Å²) in [6, 6.07) is 14.5. The van der Waals surface area contributed by atoms with E-state index in [1.807, 2.05) is 25.1 Å². The lowest BCUT2D eigenvalue weighted by molar-refractivity contribution is -0.113. The Hall–Kier alpha value is -2.04. The predicted molar refractivity (Wildman–Crippen MR) is 104 cm³/mol. The van der Waals surface area contributed by atoms with Crippen molar-refractivity contribution in [2.24, 2.45) is 0 Å². The van der Waals surface area contributed by atoms with Crippen LogP contribution in [0.25, 0.3) is 0 Å². The van der Waals surface area contributed by atoms with Crippen LogP contribution in [0.15, 0.2) is 42.5 Å². The highest BCUT2D eigenvalue weighted by atomic mass is 16.5. The number of hydrogen-bond donors (Lipinski definition) is 1. The maximum atomic E-state index is 10.3. The van der Waals surface area contributed by atoms with Gasteiger partial charge in [-0.1, -0.05) is 18.2 Å². The van der Waals surface area contributed by atoms with Crippen molar-refractivity contribution in [1.82, 2.24) is 0 Å². The van der Waals surface area contributed by atoms with Crippen molar-refractivity contribution >= 4 is 0 Å². The minimum Gasteiger partial charge on any atom is -0.496 e. The van der Waals surface area contributed by atoms with Gasteiger partial charge in [0, 0.05) is 19.3 Å². The Kier molecular flexibility index (Phi) is 5.11. The van der Waals surface area contributed by atoms with Gasteiger partial charge < -0.3 is 19.3 Å². The van der Waals surface area contributed by atoms with Gasteiger partial charge in [0.05, 0.1) is 31.5 Å². The number of aliphatic hydroxyl groups is 1. The van der Waals surface area contributed by atoms with Crippen LogP contribution in [-0.4, -0.2) is 30.5 Å². The summed E-state index contributed by atoms with van der Waals surface area (Å²) in [6.45, 7) is 2.66. The van der Waals surface area contributed by atoms with Crippen LogP contribution >= 0.6 is 0 Å². The fourth-order valence-electron chi connectivity index (χ4n) is 4.05. The standard InChI is InChI=1S/C23H28O4/c1-3-26-20-7-4-16(5-8-20)12-18-13-17(6-9-21(18)25-2)22-14-19(24)15-23(27-22)10-11-23/h4-9,13,19,22,24H,3,10-12,14-15H2,1-2H3/t19-,22-/m1/s1. The van der Waals surface area contributed by atoms with E-state index in [0.29, 0.717) is 13.0 Å². The summed E-state index contributed by atoms with van der Waals surface area (Å²) in [5, 5.41) is 10.3. The number of hydrogen-bond acceptors (Lipinski definition) is 4. The van der Waals surface area contributed by atoms with Gasteiger partial charge in [0.2, 0.25) is 0 Å². The molecule has 1 N–H and O–H groups in total. The molecule has 1 heterocycles. The molecule has 0 amide bonds. The minimum atomic E-state index is -0.275. The monoisotopic (exact) mass is 368 g/mol. The SMILES string of the molecule is CCOc1ccc(Cc2cc([C@H]3C[C@@H](O)CC4(CC4)O3)ccc2OC)cc1. The molecule has 4 nitrogen and oxygen atoms in total. The van der Waals surface area contributed by atoms with Crippen molar-refractivity contribution < 1.29 is 19.3 Å². The fourth-order valence-corrected chi connectivity index (χ4v) is 4.05. The third-order valence-electron chi connectivity index (χ3n) is 5.60. The van der Waals surface area contributed by atoms with Crippen LogP contribution in [-0.2, 0) is 11.2 Å². The average molecular weight is 368 g/mol. The van der Waals surface area contributed by atoms with Crippen LogP contribution < -0.4 is 9.47 Å². The zero-order valence-corrected chi connectivity index (χ0v) is 16.1. The zero-order chi connectivity index (χ0) is 18.9. The Morgan fingerprint density at radius 2 is 1.93 bits per heavy atom. The molecule has 1 spiro atoms. The molecular formula is C23H28O4. The molecule has 2 aliphatic rings. The van der Waals surface area contributed by atoms with Crippen molar-refractivity contribution in [2.45, 2.75) is 56.8 Å². The van der Waals surface area contributed by atoms with Gasteiger partial charge in [-0.05, 0) is 60.7 Å². The first kappa shape index (κ1) is 18.3. The lowest BCUT2D eigenvalue weighted by Crippen LogP contribution is -2.32. The Morgan fingerprint density at radius 3 is 2.59 bits per heavy atom. The summed E-state index contributed by atoms with van der Waals surface area (Å²) in [6.07, 6.45) is 4.04. The molecule has 2 aromatic rings. The number of rotatable bonds is 6. The first-order chi connectivity index (χ1) is 13.1. The van der Waals surface area contributed by atoms with Gasteiger partial charge in [-0.25, -0.2) is 0 Å². The largest absolute Gasteiger partial charge is 0.496 e. The van der Waals surface area contributed by atoms with E-state index in [2.05, 4.69) is 24.3 Å². The maximum Gasteiger partial charge on any atom is 0.122 e. The van der Waals surface area contributed by atoms with E-state index >= 15 is 0 Å². The van der Waals surface area contributed by atoms with Gasteiger partial charge in [0.1, 0.15) is 11.5 Å². The molecule has 0 bridgehead atoms. The molecule has 1 aliphatic heterocycles. The lowest BCUT2D eigenvalue weighted by Gasteiger charge is -2.34. The second kappa shape index (κ2) is 7.53. The Balaban J connectivity index is 1.55. The van der Waals surface area contributed by atoms with E-state index in [1.54, 1.807) is 7.11 Å².